The Kier molecular flexibility index (Phi) is 13.6. The molecule has 338 valence electrons. The number of nitrogens with zero attached hydrogens (tertiary/aromatic N) is 1. The number of aromatic amines is 1. The molecule has 0 unspecified atom stereocenters. The van der Waals surface area contributed by atoms with Crippen LogP contribution in [0.4, 0.5) is 4.79 Å². The molecule has 0 saturated carbocycles. The van der Waals surface area contributed by atoms with Gasteiger partial charge in [0, 0.05) is 36.5 Å². The van der Waals surface area contributed by atoms with E-state index in [4.69, 9.17) is 18.9 Å². The first-order valence-corrected chi connectivity index (χ1v) is 22.4. The van der Waals surface area contributed by atoms with Crippen LogP contribution in [0.25, 0.3) is 21.7 Å². The number of hydrogen-bond acceptors (Lipinski definition) is 11. The number of carbonyl (C=O) groups is 2. The Labute approximate surface area is 381 Å². The van der Waals surface area contributed by atoms with Crippen LogP contribution in [0.3, 0.4) is 0 Å². The number of carbonyl (C=O) groups excluding carboxylic acids is 2. The first-order chi connectivity index (χ1) is 32.3. The second kappa shape index (κ2) is 20.3. The summed E-state index contributed by atoms with van der Waals surface area (Å²) >= 11 is 0. The third-order valence-electron chi connectivity index (χ3n) is 12.5. The van der Waals surface area contributed by atoms with Crippen LogP contribution in [0, 0.1) is 5.92 Å². The summed E-state index contributed by atoms with van der Waals surface area (Å²) in [5.74, 6) is 1.18. The van der Waals surface area contributed by atoms with Gasteiger partial charge in [0.05, 0.1) is 23.2 Å². The third kappa shape index (κ3) is 10.3. The van der Waals surface area contributed by atoms with E-state index < -0.39 is 24.2 Å². The highest BCUT2D eigenvalue weighted by Crippen LogP contribution is 2.33. The summed E-state index contributed by atoms with van der Waals surface area (Å²) in [7, 11) is 0. The molecular weight excluding hydrogens is 837 g/mol. The van der Waals surface area contributed by atoms with Crippen LogP contribution in [-0.2, 0) is 22.6 Å². The number of rotatable bonds is 17. The molecule has 0 spiro atoms. The zero-order chi connectivity index (χ0) is 45.4. The van der Waals surface area contributed by atoms with E-state index in [2.05, 4.69) is 20.5 Å². The Morgan fingerprint density at radius 1 is 0.773 bits per heavy atom. The number of piperidine rings is 3. The third-order valence-corrected chi connectivity index (χ3v) is 12.5. The number of aromatic hydroxyl groups is 1. The summed E-state index contributed by atoms with van der Waals surface area (Å²) < 4.78 is 23.8. The van der Waals surface area contributed by atoms with Crippen LogP contribution >= 0.6 is 0 Å². The van der Waals surface area contributed by atoms with Crippen LogP contribution in [0.2, 0.25) is 0 Å². The van der Waals surface area contributed by atoms with E-state index in [0.717, 1.165) is 65.5 Å². The molecule has 3 aliphatic rings. The second-order valence-corrected chi connectivity index (χ2v) is 16.8. The number of phenols is 1. The average molecular weight is 889 g/mol. The highest BCUT2D eigenvalue weighted by Gasteiger charge is 2.37. The smallest absolute Gasteiger partial charge is 0.408 e. The van der Waals surface area contributed by atoms with E-state index >= 15 is 0 Å². The first kappa shape index (κ1) is 44.0. The standard InChI is InChI=1S/C53H52N4O9/c58-45-20-18-42(44-19-22-49(60)55-51(44)45)46(59)31-54-30-39-17-21-47(43-12-5-4-11-41(39)43)63-27-28-64-52(61)37-15-13-34(14-16-37)33-65-40-10-6-9-38(29-40)50(36-7-2-1-3-8-36)56-53(62)66-48-32-57-25-23-35(48)24-26-57/h1-22,29,35,46,48,50,54,58-59H,23-28,30-33H2,(H,55,60)(H,56,62)/t46-,48-,50-/m0/s1. The van der Waals surface area contributed by atoms with Gasteiger partial charge in [0.25, 0.3) is 0 Å². The fourth-order valence-electron chi connectivity index (χ4n) is 9.01. The van der Waals surface area contributed by atoms with Crippen molar-refractivity contribution < 1.29 is 38.7 Å². The quantitative estimate of drug-likeness (QED) is 0.0444. The number of amides is 1. The maximum absolute atomic E-state index is 13.3. The molecule has 2 bridgehead atoms. The largest absolute Gasteiger partial charge is 0.506 e. The number of ether oxygens (including phenoxy) is 4. The summed E-state index contributed by atoms with van der Waals surface area (Å²) in [6.45, 7) is 4.10. The van der Waals surface area contributed by atoms with E-state index in [1.165, 1.54) is 12.1 Å². The minimum Gasteiger partial charge on any atom is -0.506 e. The Morgan fingerprint density at radius 3 is 2.33 bits per heavy atom. The van der Waals surface area contributed by atoms with Gasteiger partial charge < -0.3 is 44.8 Å². The van der Waals surface area contributed by atoms with E-state index in [-0.39, 0.29) is 49.3 Å². The number of nitrogens with one attached hydrogen (secondary N) is 3. The van der Waals surface area contributed by atoms with E-state index in [0.29, 0.717) is 40.5 Å². The van der Waals surface area contributed by atoms with Crippen molar-refractivity contribution in [3.8, 4) is 17.2 Å². The molecule has 5 N–H and O–H groups in total. The lowest BCUT2D eigenvalue weighted by Gasteiger charge is -2.43. The Morgan fingerprint density at radius 2 is 1.55 bits per heavy atom. The molecule has 3 fully saturated rings. The van der Waals surface area contributed by atoms with Gasteiger partial charge in [0.2, 0.25) is 5.56 Å². The van der Waals surface area contributed by atoms with Crippen molar-refractivity contribution in [1.29, 1.82) is 0 Å². The molecule has 13 nitrogen and oxygen atoms in total. The lowest BCUT2D eigenvalue weighted by Crippen LogP contribution is -2.52. The second-order valence-electron chi connectivity index (χ2n) is 16.8. The highest BCUT2D eigenvalue weighted by molar-refractivity contribution is 5.91. The number of hydrogen-bond donors (Lipinski definition) is 5. The average Bonchev–Trinajstić information content (AvgIpc) is 3.35. The van der Waals surface area contributed by atoms with Gasteiger partial charge >= 0.3 is 12.1 Å². The molecule has 4 heterocycles. The molecule has 10 rings (SSSR count). The number of esters is 1. The molecule has 3 saturated heterocycles. The van der Waals surface area contributed by atoms with Crippen LogP contribution in [0.1, 0.15) is 63.2 Å². The lowest BCUT2D eigenvalue weighted by atomic mass is 9.86. The minimum absolute atomic E-state index is 0.0473. The number of aliphatic hydroxyl groups is 1. The summed E-state index contributed by atoms with van der Waals surface area (Å²) in [6, 6.07) is 41.9. The van der Waals surface area contributed by atoms with Crippen LogP contribution in [-0.4, -0.2) is 77.7 Å². The van der Waals surface area contributed by atoms with Gasteiger partial charge in [-0.25, -0.2) is 9.59 Å². The monoisotopic (exact) mass is 888 g/mol. The van der Waals surface area contributed by atoms with Gasteiger partial charge in [-0.2, -0.15) is 0 Å². The van der Waals surface area contributed by atoms with Gasteiger partial charge in [-0.1, -0.05) is 91.0 Å². The normalized spacial score (nSPS) is 17.5. The molecule has 1 amide bonds. The molecular formula is C53H52N4O9. The van der Waals surface area contributed by atoms with Gasteiger partial charge in [0.15, 0.2) is 0 Å². The summed E-state index contributed by atoms with van der Waals surface area (Å²) in [4.78, 5) is 43.0. The highest BCUT2D eigenvalue weighted by atomic mass is 16.6. The number of benzene rings is 6. The molecule has 66 heavy (non-hydrogen) atoms. The molecule has 1 aromatic heterocycles. The number of aliphatic hydroxyl groups excluding tert-OH is 1. The van der Waals surface area contributed by atoms with Crippen molar-refractivity contribution in [1.82, 2.24) is 20.5 Å². The SMILES string of the molecule is O=C(N[C@@H](c1ccccc1)c1cccc(OCc2ccc(C(=O)OCCOc3ccc(CNC[C@H](O)c4ccc(O)c5[nH]c(=O)ccc45)c4ccccc34)cc2)c1)O[C@H]1CN2CCC1CC2. The molecule has 3 atom stereocenters. The predicted molar refractivity (Wildman–Crippen MR) is 251 cm³/mol. The Balaban J connectivity index is 0.747. The molecule has 0 radical (unpaired) electrons. The van der Waals surface area contributed by atoms with Crippen LogP contribution in [0.5, 0.6) is 17.2 Å². The van der Waals surface area contributed by atoms with Crippen molar-refractivity contribution in [2.45, 2.75) is 44.2 Å². The summed E-state index contributed by atoms with van der Waals surface area (Å²) in [5, 5.41) is 30.1. The molecule has 6 aromatic carbocycles. The van der Waals surface area contributed by atoms with Crippen molar-refractivity contribution in [3.05, 3.63) is 183 Å². The Bertz CT molecular complexity index is 2860. The van der Waals surface area contributed by atoms with Crippen molar-refractivity contribution in [2.75, 3.05) is 39.4 Å². The number of phenolic OH excluding ortho intramolecular Hbond substituents is 1. The number of H-pyrrole nitrogens is 1. The molecule has 13 heteroatoms. The topological polar surface area (TPSA) is 172 Å². The Hall–Kier alpha value is -7.19. The van der Waals surface area contributed by atoms with Gasteiger partial charge in [-0.3, -0.25) is 9.69 Å². The van der Waals surface area contributed by atoms with E-state index in [9.17, 15) is 24.6 Å². The van der Waals surface area contributed by atoms with Crippen LogP contribution in [0.15, 0.2) is 144 Å². The van der Waals surface area contributed by atoms with Crippen molar-refractivity contribution in [3.63, 3.8) is 0 Å². The zero-order valence-corrected chi connectivity index (χ0v) is 36.4. The van der Waals surface area contributed by atoms with Crippen LogP contribution < -0.4 is 25.7 Å². The summed E-state index contributed by atoms with van der Waals surface area (Å²) in [6.07, 6.45) is 0.709. The molecule has 3 aliphatic heterocycles. The fraction of sp³-hybridized carbons (Fsp3) is 0.264. The van der Waals surface area contributed by atoms with E-state index in [1.54, 1.807) is 24.3 Å². The van der Waals surface area contributed by atoms with Gasteiger partial charge in [-0.05, 0) is 108 Å². The predicted octanol–water partition coefficient (Wildman–Crippen LogP) is 7.93. The number of pyridine rings is 1. The lowest BCUT2D eigenvalue weighted by molar-refractivity contribution is -0.0336. The van der Waals surface area contributed by atoms with Gasteiger partial charge in [0.1, 0.15) is 43.2 Å². The fourth-order valence-corrected chi connectivity index (χ4v) is 9.01. The summed E-state index contributed by atoms with van der Waals surface area (Å²) in [5.41, 5.74) is 4.60. The van der Waals surface area contributed by atoms with E-state index in [1.807, 2.05) is 103 Å². The zero-order valence-electron chi connectivity index (χ0n) is 36.4. The van der Waals surface area contributed by atoms with Crippen molar-refractivity contribution in [2.24, 2.45) is 5.92 Å². The van der Waals surface area contributed by atoms with Crippen molar-refractivity contribution >= 4 is 33.7 Å². The number of alkyl carbamates (subject to hydrolysis) is 1. The number of fused-ring (bicyclic) bond motifs is 5. The number of aromatic nitrogens is 1. The minimum atomic E-state index is -0.889. The first-order valence-electron chi connectivity index (χ1n) is 22.4. The molecule has 7 aromatic rings. The maximum Gasteiger partial charge on any atom is 0.408 e. The van der Waals surface area contributed by atoms with Gasteiger partial charge in [-0.15, -0.1) is 0 Å². The molecule has 0 aliphatic carbocycles. The maximum atomic E-state index is 13.3.